The number of benzene rings is 1. The molecule has 0 atom stereocenters. The molecule has 0 unspecified atom stereocenters. The van der Waals surface area contributed by atoms with Gasteiger partial charge in [0.15, 0.2) is 0 Å². The number of hydrogen-bond acceptors (Lipinski definition) is 4. The molecule has 1 aliphatic rings. The van der Waals surface area contributed by atoms with E-state index in [1.165, 1.54) is 12.5 Å². The van der Waals surface area contributed by atoms with Gasteiger partial charge in [0.1, 0.15) is 5.75 Å². The lowest BCUT2D eigenvalue weighted by Gasteiger charge is -2.03. The van der Waals surface area contributed by atoms with Gasteiger partial charge in [-0.15, -0.1) is 0 Å². The fourth-order valence-electron chi connectivity index (χ4n) is 1.79. The normalized spacial score (nSPS) is 16.0. The van der Waals surface area contributed by atoms with Crippen molar-refractivity contribution < 1.29 is 14.4 Å². The second-order valence-electron chi connectivity index (χ2n) is 3.64. The van der Waals surface area contributed by atoms with Gasteiger partial charge in [-0.1, -0.05) is 5.16 Å². The Morgan fingerprint density at radius 1 is 1.38 bits per heavy atom. The van der Waals surface area contributed by atoms with Crippen LogP contribution in [0.25, 0.3) is 0 Å². The number of methoxy groups -OCH3 is 1. The molecule has 2 rings (SSSR count). The van der Waals surface area contributed by atoms with Crippen molar-refractivity contribution in [1.82, 2.24) is 0 Å². The van der Waals surface area contributed by atoms with E-state index < -0.39 is 5.97 Å². The van der Waals surface area contributed by atoms with Crippen molar-refractivity contribution in [3.63, 3.8) is 0 Å². The molecule has 0 amide bonds. The molecule has 0 saturated heterocycles. The Kier molecular flexibility index (Phi) is 2.90. The lowest BCUT2D eigenvalue weighted by molar-refractivity contribution is -0.140. The molecular formula is C12H13NO3. The Hall–Kier alpha value is -1.84. The molecule has 0 N–H and O–H groups in total. The number of carbonyl (C=O) groups excluding carboxylic acids is 1. The Morgan fingerprint density at radius 2 is 2.19 bits per heavy atom. The first-order chi connectivity index (χ1) is 7.70. The van der Waals surface area contributed by atoms with Crippen molar-refractivity contribution in [2.75, 3.05) is 7.11 Å². The summed E-state index contributed by atoms with van der Waals surface area (Å²) in [6, 6.07) is 5.82. The van der Waals surface area contributed by atoms with Crippen molar-refractivity contribution in [1.29, 1.82) is 0 Å². The molecule has 1 aromatic rings. The van der Waals surface area contributed by atoms with Gasteiger partial charge in [-0.3, -0.25) is 0 Å². The largest absolute Gasteiger partial charge is 0.497 e. The number of nitrogens with zero attached hydrogens (tertiary/aromatic N) is 1. The van der Waals surface area contributed by atoms with E-state index in [4.69, 9.17) is 4.74 Å². The van der Waals surface area contributed by atoms with Gasteiger partial charge in [-0.25, -0.2) is 4.79 Å². The quantitative estimate of drug-likeness (QED) is 0.564. The number of fused-ring (bicyclic) bond motifs is 1. The molecule has 0 heterocycles. The number of ether oxygens (including phenoxy) is 1. The molecule has 84 valence electrons. The molecule has 1 aliphatic carbocycles. The molecule has 0 saturated carbocycles. The number of carbonyl (C=O) groups is 1. The van der Waals surface area contributed by atoms with E-state index in [2.05, 4.69) is 9.99 Å². The number of oxime groups is 1. The Balaban J connectivity index is 2.26. The predicted molar refractivity (Wildman–Crippen MR) is 59.6 cm³/mol. The second kappa shape index (κ2) is 4.35. The van der Waals surface area contributed by atoms with Crippen molar-refractivity contribution in [3.05, 3.63) is 29.3 Å². The molecule has 16 heavy (non-hydrogen) atoms. The molecule has 0 fully saturated rings. The maximum atomic E-state index is 10.7. The molecule has 4 nitrogen and oxygen atoms in total. The van der Waals surface area contributed by atoms with Gasteiger partial charge in [0.2, 0.25) is 0 Å². The Labute approximate surface area is 93.9 Å². The van der Waals surface area contributed by atoms with Crippen LogP contribution in [-0.4, -0.2) is 18.8 Å². The van der Waals surface area contributed by atoms with E-state index in [0.717, 1.165) is 29.9 Å². The minimum Gasteiger partial charge on any atom is -0.497 e. The molecular weight excluding hydrogens is 206 g/mol. The van der Waals surface area contributed by atoms with Gasteiger partial charge in [-0.2, -0.15) is 0 Å². The van der Waals surface area contributed by atoms with Crippen LogP contribution < -0.4 is 4.74 Å². The smallest absolute Gasteiger partial charge is 0.331 e. The summed E-state index contributed by atoms with van der Waals surface area (Å²) in [5.74, 6) is 0.446. The fourth-order valence-corrected chi connectivity index (χ4v) is 1.79. The molecule has 0 aliphatic heterocycles. The minimum atomic E-state index is -0.394. The van der Waals surface area contributed by atoms with Crippen LogP contribution in [0.3, 0.4) is 0 Å². The number of aryl methyl sites for hydroxylation is 1. The monoisotopic (exact) mass is 219 g/mol. The van der Waals surface area contributed by atoms with E-state index in [1.807, 2.05) is 18.2 Å². The zero-order valence-electron chi connectivity index (χ0n) is 9.32. The predicted octanol–water partition coefficient (Wildman–Crippen LogP) is 1.91. The Morgan fingerprint density at radius 3 is 2.88 bits per heavy atom. The van der Waals surface area contributed by atoms with E-state index in [9.17, 15) is 4.79 Å². The average Bonchev–Trinajstić information content (AvgIpc) is 2.68. The molecule has 0 spiro atoms. The van der Waals surface area contributed by atoms with Crippen LogP contribution in [0.15, 0.2) is 23.4 Å². The lowest BCUT2D eigenvalue weighted by Crippen LogP contribution is -1.99. The van der Waals surface area contributed by atoms with E-state index in [0.29, 0.717) is 0 Å². The Bertz CT molecular complexity index is 452. The first-order valence-corrected chi connectivity index (χ1v) is 5.12. The fraction of sp³-hybridized carbons (Fsp3) is 0.333. The maximum absolute atomic E-state index is 10.7. The second-order valence-corrected chi connectivity index (χ2v) is 3.64. The van der Waals surface area contributed by atoms with Crippen LogP contribution >= 0.6 is 0 Å². The van der Waals surface area contributed by atoms with Crippen LogP contribution in [0.5, 0.6) is 5.75 Å². The lowest BCUT2D eigenvalue weighted by atomic mass is 10.1. The summed E-state index contributed by atoms with van der Waals surface area (Å²) in [6.45, 7) is 1.34. The summed E-state index contributed by atoms with van der Waals surface area (Å²) < 4.78 is 5.15. The van der Waals surface area contributed by atoms with Gasteiger partial charge in [-0.05, 0) is 36.6 Å². The molecule has 0 aromatic heterocycles. The highest BCUT2D eigenvalue weighted by Crippen LogP contribution is 2.26. The zero-order chi connectivity index (χ0) is 11.5. The SMILES string of the molecule is COc1ccc2c(c1)CC/C2=N/OC(C)=O. The maximum Gasteiger partial charge on any atom is 0.331 e. The van der Waals surface area contributed by atoms with Crippen LogP contribution in [-0.2, 0) is 16.1 Å². The van der Waals surface area contributed by atoms with Crippen molar-refractivity contribution in [3.8, 4) is 5.75 Å². The van der Waals surface area contributed by atoms with E-state index in [1.54, 1.807) is 7.11 Å². The standard InChI is InChI=1S/C12H13NO3/c1-8(14)16-13-12-6-3-9-7-10(15-2)4-5-11(9)12/h4-5,7H,3,6H2,1-2H3/b13-12-. The summed E-state index contributed by atoms with van der Waals surface area (Å²) in [5, 5.41) is 3.85. The third kappa shape index (κ3) is 2.05. The van der Waals surface area contributed by atoms with Crippen molar-refractivity contribution in [2.24, 2.45) is 5.16 Å². The highest BCUT2D eigenvalue weighted by atomic mass is 16.7. The highest BCUT2D eigenvalue weighted by molar-refractivity contribution is 6.04. The first kappa shape index (κ1) is 10.7. The van der Waals surface area contributed by atoms with Gasteiger partial charge in [0.25, 0.3) is 0 Å². The van der Waals surface area contributed by atoms with Crippen molar-refractivity contribution >= 4 is 11.7 Å². The van der Waals surface area contributed by atoms with E-state index >= 15 is 0 Å². The summed E-state index contributed by atoms with van der Waals surface area (Å²) in [6.07, 6.45) is 1.71. The number of hydrogen-bond donors (Lipinski definition) is 0. The summed E-state index contributed by atoms with van der Waals surface area (Å²) in [5.41, 5.74) is 3.06. The van der Waals surface area contributed by atoms with Gasteiger partial charge < -0.3 is 9.57 Å². The molecule has 1 aromatic carbocycles. The first-order valence-electron chi connectivity index (χ1n) is 5.12. The van der Waals surface area contributed by atoms with Crippen LogP contribution in [0, 0.1) is 0 Å². The van der Waals surface area contributed by atoms with Gasteiger partial charge in [0, 0.05) is 12.5 Å². The third-order valence-electron chi connectivity index (χ3n) is 2.54. The molecule has 4 heteroatoms. The summed E-state index contributed by atoms with van der Waals surface area (Å²) in [7, 11) is 1.64. The zero-order valence-corrected chi connectivity index (χ0v) is 9.32. The van der Waals surface area contributed by atoms with Gasteiger partial charge >= 0.3 is 5.97 Å². The van der Waals surface area contributed by atoms with Crippen LogP contribution in [0.4, 0.5) is 0 Å². The van der Waals surface area contributed by atoms with Crippen LogP contribution in [0.2, 0.25) is 0 Å². The highest BCUT2D eigenvalue weighted by Gasteiger charge is 2.19. The number of rotatable bonds is 2. The molecule has 0 bridgehead atoms. The minimum absolute atomic E-state index is 0.394. The van der Waals surface area contributed by atoms with Crippen molar-refractivity contribution in [2.45, 2.75) is 19.8 Å². The summed E-state index contributed by atoms with van der Waals surface area (Å²) in [4.78, 5) is 15.3. The van der Waals surface area contributed by atoms with Gasteiger partial charge in [0.05, 0.1) is 12.8 Å². The van der Waals surface area contributed by atoms with Crippen LogP contribution in [0.1, 0.15) is 24.5 Å². The summed E-state index contributed by atoms with van der Waals surface area (Å²) >= 11 is 0. The third-order valence-corrected chi connectivity index (χ3v) is 2.54. The topological polar surface area (TPSA) is 47.9 Å². The average molecular weight is 219 g/mol. The van der Waals surface area contributed by atoms with E-state index in [-0.39, 0.29) is 0 Å². The molecule has 0 radical (unpaired) electrons.